The molecule has 0 aliphatic heterocycles. The number of carbonyl (C=O) groups excluding carboxylic acids is 1. The second kappa shape index (κ2) is 2.81. The number of H-pyrrole nitrogens is 1. The molecule has 0 aromatic carbocycles. The Balaban J connectivity index is 2.38. The van der Waals surface area contributed by atoms with Gasteiger partial charge in [0.2, 0.25) is 6.41 Å². The monoisotopic (exact) mass is 126 g/mol. The van der Waals surface area contributed by atoms with Crippen molar-refractivity contribution in [3.63, 3.8) is 0 Å². The number of hydrogen-bond donors (Lipinski definition) is 2. The summed E-state index contributed by atoms with van der Waals surface area (Å²) in [5, 5.41) is 12.1. The van der Waals surface area contributed by atoms with Crippen molar-refractivity contribution < 1.29 is 4.79 Å². The summed E-state index contributed by atoms with van der Waals surface area (Å²) in [6.45, 7) is 0.431. The highest BCUT2D eigenvalue weighted by Crippen LogP contribution is 1.83. The second-order valence-electron chi connectivity index (χ2n) is 1.46. The quantitative estimate of drug-likeness (QED) is 0.513. The first-order valence-electron chi connectivity index (χ1n) is 2.45. The molecule has 5 nitrogen and oxygen atoms in total. The van der Waals surface area contributed by atoms with Crippen LogP contribution in [0.1, 0.15) is 5.69 Å². The van der Waals surface area contributed by atoms with Gasteiger partial charge in [0, 0.05) is 0 Å². The molecule has 0 fully saturated rings. The van der Waals surface area contributed by atoms with Gasteiger partial charge in [-0.05, 0) is 0 Å². The summed E-state index contributed by atoms with van der Waals surface area (Å²) in [6.07, 6.45) is 2.17. The van der Waals surface area contributed by atoms with E-state index in [0.29, 0.717) is 13.0 Å². The molecule has 0 spiro atoms. The lowest BCUT2D eigenvalue weighted by molar-refractivity contribution is -0.109. The molecule has 2 N–H and O–H groups in total. The van der Waals surface area contributed by atoms with Gasteiger partial charge in [-0.25, -0.2) is 0 Å². The van der Waals surface area contributed by atoms with Crippen LogP contribution in [0.4, 0.5) is 0 Å². The summed E-state index contributed by atoms with van der Waals surface area (Å²) >= 11 is 0. The largest absolute Gasteiger partial charge is 0.353 e. The molecule has 5 heteroatoms. The van der Waals surface area contributed by atoms with Gasteiger partial charge in [-0.2, -0.15) is 15.4 Å². The third-order valence-electron chi connectivity index (χ3n) is 0.831. The maximum atomic E-state index is 9.73. The molecular weight excluding hydrogens is 120 g/mol. The van der Waals surface area contributed by atoms with Gasteiger partial charge < -0.3 is 5.32 Å². The average molecular weight is 126 g/mol. The highest BCUT2D eigenvalue weighted by atomic mass is 16.1. The topological polar surface area (TPSA) is 70.7 Å². The SMILES string of the molecule is O=CNCc1cn[nH]n1. The third-order valence-corrected chi connectivity index (χ3v) is 0.831. The molecule has 0 saturated carbocycles. The maximum Gasteiger partial charge on any atom is 0.207 e. The van der Waals surface area contributed by atoms with E-state index in [1.54, 1.807) is 6.20 Å². The van der Waals surface area contributed by atoms with Crippen LogP contribution in [0.25, 0.3) is 0 Å². The molecule has 1 heterocycles. The number of nitrogens with zero attached hydrogens (tertiary/aromatic N) is 2. The zero-order valence-corrected chi connectivity index (χ0v) is 4.66. The van der Waals surface area contributed by atoms with E-state index in [2.05, 4.69) is 20.7 Å². The lowest BCUT2D eigenvalue weighted by Crippen LogP contribution is -2.09. The molecule has 0 unspecified atom stereocenters. The summed E-state index contributed by atoms with van der Waals surface area (Å²) in [4.78, 5) is 9.73. The van der Waals surface area contributed by atoms with E-state index >= 15 is 0 Å². The van der Waals surface area contributed by atoms with Gasteiger partial charge in [0.15, 0.2) is 0 Å². The van der Waals surface area contributed by atoms with Crippen molar-refractivity contribution in [2.45, 2.75) is 6.54 Å². The van der Waals surface area contributed by atoms with Crippen molar-refractivity contribution in [2.24, 2.45) is 0 Å². The highest BCUT2D eigenvalue weighted by Gasteiger charge is 1.90. The first kappa shape index (κ1) is 5.74. The zero-order valence-electron chi connectivity index (χ0n) is 4.66. The van der Waals surface area contributed by atoms with Crippen LogP contribution in [0.5, 0.6) is 0 Å². The van der Waals surface area contributed by atoms with Crippen molar-refractivity contribution in [3.05, 3.63) is 11.9 Å². The predicted octanol–water partition coefficient (Wildman–Crippen LogP) is -0.949. The van der Waals surface area contributed by atoms with Crippen molar-refractivity contribution in [2.75, 3.05) is 0 Å². The van der Waals surface area contributed by atoms with Gasteiger partial charge in [-0.3, -0.25) is 4.79 Å². The van der Waals surface area contributed by atoms with Gasteiger partial charge in [-0.1, -0.05) is 0 Å². The molecule has 0 saturated heterocycles. The number of amides is 1. The van der Waals surface area contributed by atoms with Crippen LogP contribution in [0, 0.1) is 0 Å². The molecule has 0 radical (unpaired) electrons. The molecule has 0 aliphatic carbocycles. The predicted molar refractivity (Wildman–Crippen MR) is 29.3 cm³/mol. The maximum absolute atomic E-state index is 9.73. The third kappa shape index (κ3) is 1.52. The molecule has 0 atom stereocenters. The lowest BCUT2D eigenvalue weighted by Gasteiger charge is -1.87. The van der Waals surface area contributed by atoms with E-state index < -0.39 is 0 Å². The summed E-state index contributed by atoms with van der Waals surface area (Å²) in [5.74, 6) is 0. The Morgan fingerprint density at radius 3 is 3.33 bits per heavy atom. The second-order valence-corrected chi connectivity index (χ2v) is 1.46. The number of nitrogens with one attached hydrogen (secondary N) is 2. The first-order valence-corrected chi connectivity index (χ1v) is 2.45. The highest BCUT2D eigenvalue weighted by molar-refractivity contribution is 5.45. The molecule has 1 aromatic rings. The van der Waals surface area contributed by atoms with Crippen molar-refractivity contribution in [3.8, 4) is 0 Å². The standard InChI is InChI=1S/C4H6N4O/c9-3-5-1-4-2-6-8-7-4/h2-3H,1H2,(H,5,9)(H,6,7,8). The van der Waals surface area contributed by atoms with Gasteiger partial charge in [0.05, 0.1) is 12.7 Å². The molecule has 0 aliphatic rings. The van der Waals surface area contributed by atoms with Crippen LogP contribution >= 0.6 is 0 Å². The number of aromatic nitrogens is 3. The minimum atomic E-state index is 0.431. The Hall–Kier alpha value is -1.39. The van der Waals surface area contributed by atoms with E-state index in [9.17, 15) is 4.79 Å². The Labute approximate surface area is 51.5 Å². The average Bonchev–Trinajstić information content (AvgIpc) is 2.34. The van der Waals surface area contributed by atoms with Crippen LogP contribution < -0.4 is 5.32 Å². The summed E-state index contributed by atoms with van der Waals surface area (Å²) in [6, 6.07) is 0. The normalized spacial score (nSPS) is 8.89. The van der Waals surface area contributed by atoms with E-state index in [0.717, 1.165) is 5.69 Å². The number of rotatable bonds is 3. The van der Waals surface area contributed by atoms with Crippen LogP contribution in [0.15, 0.2) is 6.20 Å². The number of hydrogen-bond acceptors (Lipinski definition) is 3. The minimum Gasteiger partial charge on any atom is -0.353 e. The Bertz CT molecular complexity index is 171. The van der Waals surface area contributed by atoms with Crippen LogP contribution in [-0.2, 0) is 11.3 Å². The fourth-order valence-electron chi connectivity index (χ4n) is 0.457. The Morgan fingerprint density at radius 1 is 1.89 bits per heavy atom. The molecule has 0 bridgehead atoms. The summed E-state index contributed by atoms with van der Waals surface area (Å²) < 4.78 is 0. The van der Waals surface area contributed by atoms with Crippen molar-refractivity contribution in [1.29, 1.82) is 0 Å². The lowest BCUT2D eigenvalue weighted by atomic mass is 10.5. The summed E-state index contributed by atoms with van der Waals surface area (Å²) in [7, 11) is 0. The van der Waals surface area contributed by atoms with Gasteiger partial charge in [-0.15, -0.1) is 0 Å². The van der Waals surface area contributed by atoms with Crippen molar-refractivity contribution >= 4 is 6.41 Å². The van der Waals surface area contributed by atoms with Gasteiger partial charge >= 0.3 is 0 Å². The first-order chi connectivity index (χ1) is 4.43. The number of aromatic amines is 1. The van der Waals surface area contributed by atoms with E-state index in [1.165, 1.54) is 0 Å². The fourth-order valence-corrected chi connectivity index (χ4v) is 0.457. The molecular formula is C4H6N4O. The Morgan fingerprint density at radius 2 is 2.78 bits per heavy atom. The van der Waals surface area contributed by atoms with Crippen LogP contribution in [0.2, 0.25) is 0 Å². The zero-order chi connectivity index (χ0) is 6.53. The van der Waals surface area contributed by atoms with Gasteiger partial charge in [0.25, 0.3) is 0 Å². The van der Waals surface area contributed by atoms with Gasteiger partial charge in [0.1, 0.15) is 5.69 Å². The molecule has 1 rings (SSSR count). The van der Waals surface area contributed by atoms with E-state index in [1.807, 2.05) is 0 Å². The fraction of sp³-hybridized carbons (Fsp3) is 0.250. The molecule has 1 amide bonds. The number of carbonyl (C=O) groups is 1. The molecule has 1 aromatic heterocycles. The van der Waals surface area contributed by atoms with Crippen LogP contribution in [0.3, 0.4) is 0 Å². The van der Waals surface area contributed by atoms with E-state index in [4.69, 9.17) is 0 Å². The molecule has 9 heavy (non-hydrogen) atoms. The summed E-state index contributed by atoms with van der Waals surface area (Å²) in [5.41, 5.74) is 0.724. The van der Waals surface area contributed by atoms with Crippen molar-refractivity contribution in [1.82, 2.24) is 20.7 Å². The smallest absolute Gasteiger partial charge is 0.207 e. The Kier molecular flexibility index (Phi) is 1.79. The minimum absolute atomic E-state index is 0.431. The molecule has 48 valence electrons. The van der Waals surface area contributed by atoms with E-state index in [-0.39, 0.29) is 0 Å². The van der Waals surface area contributed by atoms with Crippen LogP contribution in [-0.4, -0.2) is 21.8 Å².